The van der Waals surface area contributed by atoms with Crippen molar-refractivity contribution in [3.05, 3.63) is 27.7 Å². The largest absolute Gasteiger partial charge is 0.389 e. The van der Waals surface area contributed by atoms with Crippen molar-refractivity contribution < 1.29 is 5.11 Å². The highest BCUT2D eigenvalue weighted by Gasteiger charge is 2.34. The molecule has 0 atom stereocenters. The summed E-state index contributed by atoms with van der Waals surface area (Å²) in [5.41, 5.74) is 1.95. The zero-order valence-electron chi connectivity index (χ0n) is 15.3. The van der Waals surface area contributed by atoms with Crippen LogP contribution in [0.15, 0.2) is 10.9 Å². The van der Waals surface area contributed by atoms with E-state index in [1.165, 1.54) is 31.2 Å². The van der Waals surface area contributed by atoms with E-state index < -0.39 is 5.60 Å². The van der Waals surface area contributed by atoms with Crippen molar-refractivity contribution in [2.24, 2.45) is 5.92 Å². The van der Waals surface area contributed by atoms with Gasteiger partial charge in [-0.3, -0.25) is 4.79 Å². The van der Waals surface area contributed by atoms with E-state index in [4.69, 9.17) is 0 Å². The second-order valence-corrected chi connectivity index (χ2v) is 8.49. The summed E-state index contributed by atoms with van der Waals surface area (Å²) in [5.74, 6) is 0.529. The van der Waals surface area contributed by atoms with E-state index >= 15 is 0 Å². The van der Waals surface area contributed by atoms with Crippen molar-refractivity contribution >= 4 is 0 Å². The zero-order chi connectivity index (χ0) is 17.3. The van der Waals surface area contributed by atoms with Crippen LogP contribution in [0.25, 0.3) is 0 Å². The third-order valence-electron chi connectivity index (χ3n) is 6.46. The summed E-state index contributed by atoms with van der Waals surface area (Å²) in [4.78, 5) is 14.8. The molecule has 0 radical (unpaired) electrons. The second kappa shape index (κ2) is 7.20. The lowest BCUT2D eigenvalue weighted by Crippen LogP contribution is -2.45. The average molecular weight is 345 g/mol. The Kier molecular flexibility index (Phi) is 4.96. The van der Waals surface area contributed by atoms with Gasteiger partial charge in [0.25, 0.3) is 5.56 Å². The van der Waals surface area contributed by atoms with Gasteiger partial charge in [-0.2, -0.15) is 5.10 Å². The Bertz CT molecular complexity index is 655. The summed E-state index contributed by atoms with van der Waals surface area (Å²) in [6, 6.07) is 1.83. The van der Waals surface area contributed by atoms with Crippen molar-refractivity contribution in [1.29, 1.82) is 0 Å². The number of hydrogen-bond donors (Lipinski definition) is 1. The average Bonchev–Trinajstić information content (AvgIpc) is 3.03. The highest BCUT2D eigenvalue weighted by atomic mass is 16.3. The molecule has 0 amide bonds. The number of hydrogen-bond acceptors (Lipinski definition) is 4. The van der Waals surface area contributed by atoms with E-state index in [1.54, 1.807) is 4.68 Å². The fourth-order valence-electron chi connectivity index (χ4n) is 4.91. The molecule has 0 unspecified atom stereocenters. The van der Waals surface area contributed by atoms with Crippen molar-refractivity contribution in [2.45, 2.75) is 76.4 Å². The minimum absolute atomic E-state index is 0.0725. The van der Waals surface area contributed by atoms with Gasteiger partial charge in [0, 0.05) is 19.2 Å². The van der Waals surface area contributed by atoms with Crippen LogP contribution in [0.5, 0.6) is 0 Å². The van der Waals surface area contributed by atoms with Crippen LogP contribution >= 0.6 is 0 Å². The SMILES string of the molecule is O=c1cc2c(nn1CC1CCN(CC3(O)CCCC3)CC1)CCCC2. The number of rotatable bonds is 4. The van der Waals surface area contributed by atoms with Crippen LogP contribution in [0.4, 0.5) is 0 Å². The lowest BCUT2D eigenvalue weighted by Gasteiger charge is -2.36. The quantitative estimate of drug-likeness (QED) is 0.908. The number of aromatic nitrogens is 2. The molecule has 4 rings (SSSR count). The van der Waals surface area contributed by atoms with Gasteiger partial charge in [0.15, 0.2) is 0 Å². The summed E-state index contributed by atoms with van der Waals surface area (Å²) in [6.45, 7) is 3.65. The Morgan fingerprint density at radius 1 is 1.12 bits per heavy atom. The Morgan fingerprint density at radius 3 is 2.60 bits per heavy atom. The number of piperidine rings is 1. The molecule has 138 valence electrons. The summed E-state index contributed by atoms with van der Waals surface area (Å²) in [5, 5.41) is 15.3. The van der Waals surface area contributed by atoms with Crippen molar-refractivity contribution in [3.8, 4) is 0 Å². The minimum atomic E-state index is -0.441. The summed E-state index contributed by atoms with van der Waals surface area (Å²) in [6.07, 6.45) is 10.9. The van der Waals surface area contributed by atoms with Gasteiger partial charge in [-0.05, 0) is 75.9 Å². The number of aliphatic hydroxyl groups is 1. The molecule has 1 saturated carbocycles. The molecule has 1 N–H and O–H groups in total. The predicted octanol–water partition coefficient (Wildman–Crippen LogP) is 2.14. The van der Waals surface area contributed by atoms with Gasteiger partial charge in [0.05, 0.1) is 11.3 Å². The van der Waals surface area contributed by atoms with Crippen LogP contribution in [0.1, 0.15) is 62.6 Å². The molecule has 0 bridgehead atoms. The Morgan fingerprint density at radius 2 is 1.84 bits per heavy atom. The predicted molar refractivity (Wildman–Crippen MR) is 97.7 cm³/mol. The van der Waals surface area contributed by atoms with Gasteiger partial charge >= 0.3 is 0 Å². The molecule has 1 aromatic rings. The molecule has 25 heavy (non-hydrogen) atoms. The first-order valence-electron chi connectivity index (χ1n) is 10.2. The maximum Gasteiger partial charge on any atom is 0.267 e. The second-order valence-electron chi connectivity index (χ2n) is 8.49. The number of likely N-dealkylation sites (tertiary alicyclic amines) is 1. The molecule has 3 aliphatic rings. The normalized spacial score (nSPS) is 24.4. The molecule has 5 nitrogen and oxygen atoms in total. The maximum absolute atomic E-state index is 12.4. The van der Waals surface area contributed by atoms with Gasteiger partial charge < -0.3 is 10.0 Å². The van der Waals surface area contributed by atoms with E-state index in [0.717, 1.165) is 70.4 Å². The zero-order valence-corrected chi connectivity index (χ0v) is 15.3. The van der Waals surface area contributed by atoms with Crippen molar-refractivity contribution in [2.75, 3.05) is 19.6 Å². The van der Waals surface area contributed by atoms with E-state index in [0.29, 0.717) is 5.92 Å². The highest BCUT2D eigenvalue weighted by molar-refractivity contribution is 5.20. The Balaban J connectivity index is 1.33. The monoisotopic (exact) mass is 345 g/mol. The van der Waals surface area contributed by atoms with E-state index in [-0.39, 0.29) is 5.56 Å². The molecule has 0 aromatic carbocycles. The van der Waals surface area contributed by atoms with Gasteiger partial charge in [0.1, 0.15) is 0 Å². The van der Waals surface area contributed by atoms with E-state index in [2.05, 4.69) is 10.00 Å². The van der Waals surface area contributed by atoms with Crippen LogP contribution in [-0.2, 0) is 19.4 Å². The minimum Gasteiger partial charge on any atom is -0.389 e. The van der Waals surface area contributed by atoms with Crippen LogP contribution in [0.3, 0.4) is 0 Å². The maximum atomic E-state index is 12.4. The molecule has 2 aliphatic carbocycles. The van der Waals surface area contributed by atoms with E-state index in [9.17, 15) is 9.90 Å². The van der Waals surface area contributed by atoms with Gasteiger partial charge in [-0.1, -0.05) is 12.8 Å². The lowest BCUT2D eigenvalue weighted by molar-refractivity contribution is -0.000796. The highest BCUT2D eigenvalue weighted by Crippen LogP contribution is 2.31. The first kappa shape index (κ1) is 17.2. The van der Waals surface area contributed by atoms with Crippen LogP contribution in [-0.4, -0.2) is 45.0 Å². The molecular weight excluding hydrogens is 314 g/mol. The molecule has 2 heterocycles. The fraction of sp³-hybridized carbons (Fsp3) is 0.800. The van der Waals surface area contributed by atoms with Crippen molar-refractivity contribution in [3.63, 3.8) is 0 Å². The third-order valence-corrected chi connectivity index (χ3v) is 6.46. The smallest absolute Gasteiger partial charge is 0.267 e. The summed E-state index contributed by atoms with van der Waals surface area (Å²) >= 11 is 0. The molecule has 5 heteroatoms. The Hall–Kier alpha value is -1.20. The molecular formula is C20H31N3O2. The standard InChI is InChI=1S/C20H31N3O2/c24-19-13-17-5-1-2-6-18(17)21-23(19)14-16-7-11-22(12-8-16)15-20(25)9-3-4-10-20/h13,16,25H,1-12,14-15H2. The first-order valence-corrected chi connectivity index (χ1v) is 10.2. The first-order chi connectivity index (χ1) is 12.1. The number of fused-ring (bicyclic) bond motifs is 1. The topological polar surface area (TPSA) is 58.4 Å². The summed E-state index contributed by atoms with van der Waals surface area (Å²) < 4.78 is 1.72. The van der Waals surface area contributed by atoms with Gasteiger partial charge in [-0.15, -0.1) is 0 Å². The van der Waals surface area contributed by atoms with Crippen LogP contribution in [0.2, 0.25) is 0 Å². The lowest BCUT2D eigenvalue weighted by atomic mass is 9.94. The molecule has 1 saturated heterocycles. The van der Waals surface area contributed by atoms with Gasteiger partial charge in [-0.25, -0.2) is 4.68 Å². The number of nitrogens with zero attached hydrogens (tertiary/aromatic N) is 3. The third kappa shape index (κ3) is 3.98. The van der Waals surface area contributed by atoms with Crippen LogP contribution in [0, 0.1) is 5.92 Å². The molecule has 1 aromatic heterocycles. The van der Waals surface area contributed by atoms with E-state index in [1.807, 2.05) is 6.07 Å². The van der Waals surface area contributed by atoms with Crippen LogP contribution < -0.4 is 5.56 Å². The summed E-state index contributed by atoms with van der Waals surface area (Å²) in [7, 11) is 0. The number of β-amino-alcohol motifs (C(OH)–C–C–N with tert-alkyl or cyclic N) is 1. The Labute approximate surface area is 150 Å². The van der Waals surface area contributed by atoms with Crippen molar-refractivity contribution in [1.82, 2.24) is 14.7 Å². The van der Waals surface area contributed by atoms with Gasteiger partial charge in [0.2, 0.25) is 0 Å². The molecule has 2 fully saturated rings. The fourth-order valence-corrected chi connectivity index (χ4v) is 4.91. The number of aryl methyl sites for hydroxylation is 2. The molecule has 0 spiro atoms. The molecule has 1 aliphatic heterocycles.